The minimum atomic E-state index is 0.314. The Morgan fingerprint density at radius 3 is 2.68 bits per heavy atom. The zero-order valence-electron chi connectivity index (χ0n) is 11.3. The molecule has 1 aliphatic heterocycles. The molecule has 0 aromatic heterocycles. The lowest BCUT2D eigenvalue weighted by Gasteiger charge is -2.27. The van der Waals surface area contributed by atoms with E-state index in [1.54, 1.807) is 0 Å². The number of nitrogens with one attached hydrogen (secondary N) is 1. The molecule has 0 radical (unpaired) electrons. The highest BCUT2D eigenvalue weighted by Crippen LogP contribution is 2.30. The fourth-order valence-corrected chi connectivity index (χ4v) is 3.12. The first kappa shape index (κ1) is 12.5. The fraction of sp³-hybridized carbons (Fsp3) is 0.312. The number of amidine groups is 1. The first-order chi connectivity index (χ1) is 9.14. The molecule has 98 valence electrons. The highest BCUT2D eigenvalue weighted by molar-refractivity contribution is 8.14. The van der Waals surface area contributed by atoms with E-state index in [0.29, 0.717) is 5.41 Å². The average molecular weight is 270 g/mol. The Bertz CT molecular complexity index is 626. The van der Waals surface area contributed by atoms with Crippen molar-refractivity contribution in [2.45, 2.75) is 13.8 Å². The van der Waals surface area contributed by atoms with Gasteiger partial charge in [-0.15, -0.1) is 0 Å². The number of hydrogen-bond donors (Lipinski definition) is 1. The summed E-state index contributed by atoms with van der Waals surface area (Å²) < 4.78 is 0. The van der Waals surface area contributed by atoms with Gasteiger partial charge in [-0.1, -0.05) is 62.0 Å². The largest absolute Gasteiger partial charge is 0.334 e. The van der Waals surface area contributed by atoms with Crippen molar-refractivity contribution in [3.8, 4) is 0 Å². The van der Waals surface area contributed by atoms with Crippen LogP contribution in [-0.2, 0) is 0 Å². The third-order valence-electron chi connectivity index (χ3n) is 3.28. The van der Waals surface area contributed by atoms with Crippen molar-refractivity contribution in [3.05, 3.63) is 42.5 Å². The minimum absolute atomic E-state index is 0.314. The molecule has 0 atom stereocenters. The van der Waals surface area contributed by atoms with Crippen molar-refractivity contribution in [3.63, 3.8) is 0 Å². The Hall–Kier alpha value is -1.48. The lowest BCUT2D eigenvalue weighted by molar-refractivity contribution is 0.438. The Balaban J connectivity index is 1.88. The van der Waals surface area contributed by atoms with E-state index in [0.717, 1.165) is 23.2 Å². The van der Waals surface area contributed by atoms with E-state index in [1.807, 2.05) is 11.8 Å². The van der Waals surface area contributed by atoms with Crippen molar-refractivity contribution in [2.75, 3.05) is 17.6 Å². The van der Waals surface area contributed by atoms with Crippen LogP contribution >= 0.6 is 11.8 Å². The van der Waals surface area contributed by atoms with E-state index in [-0.39, 0.29) is 0 Å². The van der Waals surface area contributed by atoms with Gasteiger partial charge in [0.05, 0.1) is 0 Å². The summed E-state index contributed by atoms with van der Waals surface area (Å²) >= 11 is 1.81. The van der Waals surface area contributed by atoms with Crippen LogP contribution in [0.4, 0.5) is 5.69 Å². The van der Waals surface area contributed by atoms with Gasteiger partial charge in [-0.05, 0) is 16.9 Å². The number of thioether (sulfide) groups is 1. The highest BCUT2D eigenvalue weighted by atomic mass is 32.2. The van der Waals surface area contributed by atoms with Crippen LogP contribution in [0.5, 0.6) is 0 Å². The summed E-state index contributed by atoms with van der Waals surface area (Å²) in [6, 6.07) is 14.8. The quantitative estimate of drug-likeness (QED) is 0.831. The van der Waals surface area contributed by atoms with Crippen LogP contribution in [0, 0.1) is 5.41 Å². The molecular weight excluding hydrogens is 252 g/mol. The standard InChI is InChI=1S/C16H18N2S/c1-16(2)10-17-15(19-11-16)18-14-9-5-7-12-6-3-4-8-13(12)14/h3-9H,10-11H2,1-2H3,(H,17,18). The van der Waals surface area contributed by atoms with Crippen molar-refractivity contribution < 1.29 is 0 Å². The van der Waals surface area contributed by atoms with Crippen LogP contribution in [0.15, 0.2) is 47.5 Å². The van der Waals surface area contributed by atoms with Gasteiger partial charge in [0.15, 0.2) is 5.17 Å². The van der Waals surface area contributed by atoms with Crippen molar-refractivity contribution in [1.29, 1.82) is 0 Å². The van der Waals surface area contributed by atoms with Gasteiger partial charge >= 0.3 is 0 Å². The summed E-state index contributed by atoms with van der Waals surface area (Å²) in [5.41, 5.74) is 1.46. The van der Waals surface area contributed by atoms with Crippen LogP contribution < -0.4 is 5.32 Å². The minimum Gasteiger partial charge on any atom is -0.334 e. The number of nitrogens with zero attached hydrogens (tertiary/aromatic N) is 1. The zero-order chi connectivity index (χ0) is 13.3. The lowest BCUT2D eigenvalue weighted by Crippen LogP contribution is -2.27. The zero-order valence-corrected chi connectivity index (χ0v) is 12.1. The van der Waals surface area contributed by atoms with E-state index < -0.39 is 0 Å². The van der Waals surface area contributed by atoms with Crippen molar-refractivity contribution in [1.82, 2.24) is 0 Å². The maximum absolute atomic E-state index is 4.65. The number of hydrogen-bond acceptors (Lipinski definition) is 3. The lowest BCUT2D eigenvalue weighted by atomic mass is 9.97. The predicted octanol–water partition coefficient (Wildman–Crippen LogP) is 4.38. The third kappa shape index (κ3) is 2.76. The smallest absolute Gasteiger partial charge is 0.161 e. The summed E-state index contributed by atoms with van der Waals surface area (Å²) in [5, 5.41) is 7.02. The van der Waals surface area contributed by atoms with Crippen molar-refractivity contribution in [2.24, 2.45) is 10.4 Å². The molecule has 0 bridgehead atoms. The number of aliphatic imine (C=N–C) groups is 1. The summed E-state index contributed by atoms with van der Waals surface area (Å²) in [5.74, 6) is 1.11. The SMILES string of the molecule is CC1(C)CN=C(Nc2cccc3ccccc23)SC1. The molecule has 0 amide bonds. The Labute approximate surface area is 118 Å². The first-order valence-corrected chi connectivity index (χ1v) is 7.55. The summed E-state index contributed by atoms with van der Waals surface area (Å²) in [7, 11) is 0. The van der Waals surface area contributed by atoms with Crippen LogP contribution in [0.25, 0.3) is 10.8 Å². The normalized spacial score (nSPS) is 18.1. The number of benzene rings is 2. The molecule has 0 unspecified atom stereocenters. The maximum Gasteiger partial charge on any atom is 0.161 e. The number of anilines is 1. The first-order valence-electron chi connectivity index (χ1n) is 6.56. The second-order valence-electron chi connectivity index (χ2n) is 5.73. The second-order valence-corrected chi connectivity index (χ2v) is 6.69. The molecule has 3 heteroatoms. The molecule has 1 aliphatic rings. The molecule has 0 saturated heterocycles. The van der Waals surface area contributed by atoms with Gasteiger partial charge in [0, 0.05) is 23.4 Å². The molecule has 2 aromatic carbocycles. The highest BCUT2D eigenvalue weighted by Gasteiger charge is 2.23. The van der Waals surface area contributed by atoms with Crippen molar-refractivity contribution >= 4 is 33.4 Å². The van der Waals surface area contributed by atoms with E-state index >= 15 is 0 Å². The van der Waals surface area contributed by atoms with E-state index in [9.17, 15) is 0 Å². The van der Waals surface area contributed by atoms with Gasteiger partial charge in [0.25, 0.3) is 0 Å². The molecule has 2 aromatic rings. The van der Waals surface area contributed by atoms with Gasteiger partial charge in [-0.3, -0.25) is 4.99 Å². The van der Waals surface area contributed by atoms with Gasteiger partial charge in [0.1, 0.15) is 0 Å². The molecule has 19 heavy (non-hydrogen) atoms. The van der Waals surface area contributed by atoms with Crippen LogP contribution in [0.1, 0.15) is 13.8 Å². The monoisotopic (exact) mass is 270 g/mol. The van der Waals surface area contributed by atoms with E-state index in [2.05, 4.69) is 66.6 Å². The van der Waals surface area contributed by atoms with Gasteiger partial charge in [0.2, 0.25) is 0 Å². The number of rotatable bonds is 1. The molecule has 0 aliphatic carbocycles. The molecule has 3 rings (SSSR count). The molecular formula is C16H18N2S. The third-order valence-corrected chi connectivity index (χ3v) is 4.71. The molecule has 0 saturated carbocycles. The average Bonchev–Trinajstić information content (AvgIpc) is 2.42. The second kappa shape index (κ2) is 4.89. The molecule has 0 fully saturated rings. The van der Waals surface area contributed by atoms with Crippen LogP contribution in [0.2, 0.25) is 0 Å². The Morgan fingerprint density at radius 2 is 1.89 bits per heavy atom. The Morgan fingerprint density at radius 1 is 1.11 bits per heavy atom. The summed E-state index contributed by atoms with van der Waals surface area (Å²) in [6.07, 6.45) is 0. The summed E-state index contributed by atoms with van der Waals surface area (Å²) in [4.78, 5) is 4.65. The van der Waals surface area contributed by atoms with E-state index in [4.69, 9.17) is 0 Å². The molecule has 2 nitrogen and oxygen atoms in total. The van der Waals surface area contributed by atoms with Gasteiger partial charge in [-0.25, -0.2) is 0 Å². The molecule has 1 N–H and O–H groups in total. The molecule has 0 spiro atoms. The van der Waals surface area contributed by atoms with Gasteiger partial charge < -0.3 is 5.32 Å². The maximum atomic E-state index is 4.65. The topological polar surface area (TPSA) is 24.4 Å². The van der Waals surface area contributed by atoms with Gasteiger partial charge in [-0.2, -0.15) is 0 Å². The number of fused-ring (bicyclic) bond motifs is 1. The Kier molecular flexibility index (Phi) is 3.23. The van der Waals surface area contributed by atoms with Crippen LogP contribution in [0.3, 0.4) is 0 Å². The summed E-state index contributed by atoms with van der Waals surface area (Å²) in [6.45, 7) is 5.42. The van der Waals surface area contributed by atoms with E-state index in [1.165, 1.54) is 10.8 Å². The fourth-order valence-electron chi connectivity index (χ4n) is 2.17. The predicted molar refractivity (Wildman–Crippen MR) is 86.1 cm³/mol. The van der Waals surface area contributed by atoms with Crippen LogP contribution in [-0.4, -0.2) is 17.5 Å². The molecule has 1 heterocycles.